The first-order valence-corrected chi connectivity index (χ1v) is 11.0. The minimum Gasteiger partial charge on any atom is -0.373 e. The summed E-state index contributed by atoms with van der Waals surface area (Å²) in [6.45, 7) is 0.993. The van der Waals surface area contributed by atoms with Crippen LogP contribution in [0, 0.1) is 5.41 Å². The van der Waals surface area contributed by atoms with E-state index in [1.807, 2.05) is 41.9 Å². The van der Waals surface area contributed by atoms with Gasteiger partial charge in [0.05, 0.1) is 34.1 Å². The molecule has 2 aromatic carbocycles. The highest BCUT2D eigenvalue weighted by Gasteiger charge is 2.28. The fourth-order valence-electron chi connectivity index (χ4n) is 4.04. The number of alkyl halides is 1. The van der Waals surface area contributed by atoms with Crippen LogP contribution in [0.2, 0.25) is 0 Å². The van der Waals surface area contributed by atoms with Crippen LogP contribution in [0.1, 0.15) is 51.0 Å². The Morgan fingerprint density at radius 3 is 2.88 bits per heavy atom. The summed E-state index contributed by atoms with van der Waals surface area (Å²) in [7, 11) is 1.93. The molecule has 4 N–H and O–H groups in total. The van der Waals surface area contributed by atoms with Crippen molar-refractivity contribution in [2.45, 2.75) is 25.4 Å². The van der Waals surface area contributed by atoms with Crippen LogP contribution in [0.25, 0.3) is 11.0 Å². The number of aromatic nitrogens is 2. The number of hydrogen-bond donors (Lipinski definition) is 4. The molecule has 1 atom stereocenters. The molecule has 1 aliphatic rings. The standard InChI is InChI=1S/C23H25ClN6O2/c1-30-18-10-3-2-8-16(18)28-21(30)17(9-5-11-26-19(25)12-24)29-22(31)15-7-4-6-14-13-27-23(32)20(14)15/h2-4,6-8,10,17H,5,9,11-13H2,1H3,(H2,25,26)(H,27,32)(H,29,31)/t17-/m0/s1. The van der Waals surface area contributed by atoms with Crippen molar-refractivity contribution >= 4 is 40.3 Å². The summed E-state index contributed by atoms with van der Waals surface area (Å²) >= 11 is 5.66. The summed E-state index contributed by atoms with van der Waals surface area (Å²) in [5.74, 6) is 0.600. The maximum absolute atomic E-state index is 13.3. The van der Waals surface area contributed by atoms with Crippen LogP contribution < -0.4 is 16.0 Å². The van der Waals surface area contributed by atoms with Gasteiger partial charge < -0.3 is 20.5 Å². The summed E-state index contributed by atoms with van der Waals surface area (Å²) in [6, 6.07) is 12.8. The van der Waals surface area contributed by atoms with Gasteiger partial charge in [0.2, 0.25) is 0 Å². The third-order valence-electron chi connectivity index (χ3n) is 5.64. The van der Waals surface area contributed by atoms with Crippen LogP contribution in [0.3, 0.4) is 0 Å². The normalized spacial score (nSPS) is 13.5. The lowest BCUT2D eigenvalue weighted by Crippen LogP contribution is -2.32. The molecule has 1 aliphatic heterocycles. The zero-order valence-electron chi connectivity index (χ0n) is 17.7. The van der Waals surface area contributed by atoms with E-state index in [1.54, 1.807) is 12.1 Å². The maximum atomic E-state index is 13.3. The van der Waals surface area contributed by atoms with Crippen molar-refractivity contribution in [2.24, 2.45) is 7.05 Å². The number of amidine groups is 1. The molecule has 4 rings (SSSR count). The molecule has 0 unspecified atom stereocenters. The second kappa shape index (κ2) is 9.40. The lowest BCUT2D eigenvalue weighted by atomic mass is 10.0. The molecule has 0 saturated heterocycles. The van der Waals surface area contributed by atoms with Gasteiger partial charge in [-0.3, -0.25) is 15.0 Å². The SMILES string of the molecule is Cn1c([C@H](CCCNC(=N)CCl)NC(=O)c2cccc3c2C(=O)NC3)nc2ccccc21. The highest BCUT2D eigenvalue weighted by atomic mass is 35.5. The number of nitrogens with zero attached hydrogens (tertiary/aromatic N) is 2. The second-order valence-corrected chi connectivity index (χ2v) is 8.01. The molecule has 32 heavy (non-hydrogen) atoms. The Bertz CT molecular complexity index is 1190. The number of aryl methyl sites for hydroxylation is 1. The summed E-state index contributed by atoms with van der Waals surface area (Å²) in [6.07, 6.45) is 1.30. The number of rotatable bonds is 8. The van der Waals surface area contributed by atoms with Gasteiger partial charge in [-0.1, -0.05) is 24.3 Å². The smallest absolute Gasteiger partial charge is 0.252 e. The Labute approximate surface area is 190 Å². The maximum Gasteiger partial charge on any atom is 0.252 e. The van der Waals surface area contributed by atoms with Crippen LogP contribution in [0.4, 0.5) is 0 Å². The van der Waals surface area contributed by atoms with E-state index in [9.17, 15) is 9.59 Å². The molecular weight excluding hydrogens is 428 g/mol. The van der Waals surface area contributed by atoms with E-state index in [-0.39, 0.29) is 29.6 Å². The fraction of sp³-hybridized carbons (Fsp3) is 0.304. The average molecular weight is 453 g/mol. The van der Waals surface area contributed by atoms with Crippen LogP contribution in [0.15, 0.2) is 42.5 Å². The lowest BCUT2D eigenvalue weighted by molar-refractivity contribution is 0.0912. The molecule has 0 aliphatic carbocycles. The van der Waals surface area contributed by atoms with Gasteiger partial charge in [-0.15, -0.1) is 11.6 Å². The Morgan fingerprint density at radius 2 is 2.09 bits per heavy atom. The molecule has 2 amide bonds. The van der Waals surface area contributed by atoms with E-state index >= 15 is 0 Å². The summed E-state index contributed by atoms with van der Waals surface area (Å²) < 4.78 is 1.98. The van der Waals surface area contributed by atoms with Crippen molar-refractivity contribution in [3.63, 3.8) is 0 Å². The largest absolute Gasteiger partial charge is 0.373 e. The van der Waals surface area contributed by atoms with Crippen LogP contribution in [0.5, 0.6) is 0 Å². The number of para-hydroxylation sites is 2. The Hall–Kier alpha value is -3.39. The third kappa shape index (κ3) is 4.31. The molecule has 0 spiro atoms. The molecule has 166 valence electrons. The number of halogens is 1. The average Bonchev–Trinajstić information content (AvgIpc) is 3.35. The quantitative estimate of drug-likeness (QED) is 0.182. The molecule has 8 nitrogen and oxygen atoms in total. The predicted octanol–water partition coefficient (Wildman–Crippen LogP) is 2.87. The van der Waals surface area contributed by atoms with Gasteiger partial charge in [-0.25, -0.2) is 4.98 Å². The Morgan fingerprint density at radius 1 is 1.28 bits per heavy atom. The van der Waals surface area contributed by atoms with Crippen molar-refractivity contribution < 1.29 is 9.59 Å². The molecule has 0 saturated carbocycles. The Kier molecular flexibility index (Phi) is 6.41. The number of imidazole rings is 1. The monoisotopic (exact) mass is 452 g/mol. The first kappa shape index (κ1) is 21.8. The summed E-state index contributed by atoms with van der Waals surface area (Å²) in [4.78, 5) is 30.3. The minimum absolute atomic E-state index is 0.131. The number of fused-ring (bicyclic) bond motifs is 2. The number of amides is 2. The van der Waals surface area contributed by atoms with E-state index in [2.05, 4.69) is 16.0 Å². The Balaban J connectivity index is 1.60. The zero-order chi connectivity index (χ0) is 22.7. The number of carbonyl (C=O) groups is 2. The topological polar surface area (TPSA) is 112 Å². The van der Waals surface area contributed by atoms with E-state index < -0.39 is 0 Å². The van der Waals surface area contributed by atoms with Gasteiger partial charge >= 0.3 is 0 Å². The van der Waals surface area contributed by atoms with Crippen LogP contribution in [-0.4, -0.2) is 39.6 Å². The molecule has 2 heterocycles. The first-order valence-electron chi connectivity index (χ1n) is 10.5. The van der Waals surface area contributed by atoms with Crippen molar-refractivity contribution in [3.05, 3.63) is 65.0 Å². The minimum atomic E-state index is -0.368. The van der Waals surface area contributed by atoms with Crippen LogP contribution in [-0.2, 0) is 13.6 Å². The molecule has 0 bridgehead atoms. The number of hydrogen-bond acceptors (Lipinski definition) is 4. The molecule has 9 heteroatoms. The van der Waals surface area contributed by atoms with Crippen molar-refractivity contribution in [2.75, 3.05) is 12.4 Å². The molecule has 0 fully saturated rings. The highest BCUT2D eigenvalue weighted by Crippen LogP contribution is 2.25. The molecule has 0 radical (unpaired) electrons. The summed E-state index contributed by atoms with van der Waals surface area (Å²) in [5, 5.41) is 16.5. The van der Waals surface area contributed by atoms with Crippen LogP contribution >= 0.6 is 11.6 Å². The van der Waals surface area contributed by atoms with Gasteiger partial charge in [-0.2, -0.15) is 0 Å². The van der Waals surface area contributed by atoms with Crippen molar-refractivity contribution in [1.82, 2.24) is 25.5 Å². The van der Waals surface area contributed by atoms with Gasteiger partial charge in [0.25, 0.3) is 11.8 Å². The molecule has 3 aromatic rings. The first-order chi connectivity index (χ1) is 15.5. The van der Waals surface area contributed by atoms with Gasteiger partial charge in [0.15, 0.2) is 0 Å². The van der Waals surface area contributed by atoms with Gasteiger partial charge in [0.1, 0.15) is 11.7 Å². The number of nitrogens with one attached hydrogen (secondary N) is 4. The highest BCUT2D eigenvalue weighted by molar-refractivity contribution is 6.27. The van der Waals surface area contributed by atoms with Crippen molar-refractivity contribution in [1.29, 1.82) is 5.41 Å². The van der Waals surface area contributed by atoms with Crippen molar-refractivity contribution in [3.8, 4) is 0 Å². The fourth-order valence-corrected chi connectivity index (χ4v) is 4.13. The number of benzene rings is 2. The van der Waals surface area contributed by atoms with E-state index in [1.165, 1.54) is 0 Å². The van der Waals surface area contributed by atoms with E-state index in [0.717, 1.165) is 22.4 Å². The third-order valence-corrected chi connectivity index (χ3v) is 5.91. The van der Waals surface area contributed by atoms with Gasteiger partial charge in [0, 0.05) is 20.1 Å². The summed E-state index contributed by atoms with van der Waals surface area (Å²) in [5.41, 5.74) is 3.45. The predicted molar refractivity (Wildman–Crippen MR) is 124 cm³/mol. The van der Waals surface area contributed by atoms with E-state index in [4.69, 9.17) is 22.0 Å². The number of carbonyl (C=O) groups excluding carboxylic acids is 2. The van der Waals surface area contributed by atoms with Gasteiger partial charge in [-0.05, 0) is 36.6 Å². The molecular formula is C23H25ClN6O2. The molecule has 1 aromatic heterocycles. The second-order valence-electron chi connectivity index (χ2n) is 7.75. The van der Waals surface area contributed by atoms with E-state index in [0.29, 0.717) is 37.1 Å². The lowest BCUT2D eigenvalue weighted by Gasteiger charge is -2.20. The zero-order valence-corrected chi connectivity index (χ0v) is 18.5.